The third kappa shape index (κ3) is 5.37. The molecule has 7 rings (SSSR count). The normalized spacial score (nSPS) is 12.1. The smallest absolute Gasteiger partial charge is 0.000475 e. The summed E-state index contributed by atoms with van der Waals surface area (Å²) in [7, 11) is 0. The molecule has 0 saturated carbocycles. The molecule has 0 unspecified atom stereocenters. The lowest BCUT2D eigenvalue weighted by molar-refractivity contribution is 1.32. The number of fused-ring (bicyclic) bond motifs is 3. The van der Waals surface area contributed by atoms with Gasteiger partial charge in [0.2, 0.25) is 0 Å². The maximum Gasteiger partial charge on any atom is -0.000475 e. The summed E-state index contributed by atoms with van der Waals surface area (Å²) < 4.78 is 0. The second kappa shape index (κ2) is 12.9. The van der Waals surface area contributed by atoms with Crippen LogP contribution in [0.4, 0.5) is 0 Å². The minimum atomic E-state index is 0.817. The number of rotatable bonds is 7. The second-order valence-electron chi connectivity index (χ2n) is 12.1. The standard InChI is InChI=1S/C46H38/c1-4-5-6-7-8-18-25-37-40-30-32(2)26-28-38(40)43(35-21-14-10-15-22-35)46-44(36-23-16-11-17-24-36)41-31-33(3)27-29-39(41)42(45(37)46)34-19-12-9-13-20-34/h4-24,26-31H,25H2,1-3H3. The number of aryl methyl sites for hydroxylation is 2. The lowest BCUT2D eigenvalue weighted by Crippen LogP contribution is -1.99. The molecule has 0 heteroatoms. The second-order valence-corrected chi connectivity index (χ2v) is 12.1. The number of hydrogen-bond acceptors (Lipinski definition) is 0. The highest BCUT2D eigenvalue weighted by molar-refractivity contribution is 6.30. The van der Waals surface area contributed by atoms with Gasteiger partial charge in [0, 0.05) is 0 Å². The van der Waals surface area contributed by atoms with Crippen molar-refractivity contribution in [1.82, 2.24) is 0 Å². The average Bonchev–Trinajstić information content (AvgIpc) is 3.09. The van der Waals surface area contributed by atoms with Crippen molar-refractivity contribution in [1.29, 1.82) is 0 Å². The summed E-state index contributed by atoms with van der Waals surface area (Å²) in [5.41, 5.74) is 11.5. The molecular formula is C46H38. The zero-order chi connectivity index (χ0) is 31.5. The molecule has 0 amide bonds. The first kappa shape index (κ1) is 29.3. The molecule has 46 heavy (non-hydrogen) atoms. The van der Waals surface area contributed by atoms with Gasteiger partial charge < -0.3 is 0 Å². The van der Waals surface area contributed by atoms with E-state index in [2.05, 4.69) is 178 Å². The van der Waals surface area contributed by atoms with Gasteiger partial charge in [0.15, 0.2) is 0 Å². The predicted octanol–water partition coefficient (Wildman–Crippen LogP) is 13.0. The molecule has 7 aromatic carbocycles. The van der Waals surface area contributed by atoms with E-state index >= 15 is 0 Å². The van der Waals surface area contributed by atoms with Gasteiger partial charge in [0.05, 0.1) is 0 Å². The van der Waals surface area contributed by atoms with E-state index in [1.54, 1.807) is 0 Å². The largest absolute Gasteiger partial charge is 0.0877 e. The van der Waals surface area contributed by atoms with E-state index in [1.807, 2.05) is 6.92 Å². The molecule has 0 saturated heterocycles. The summed E-state index contributed by atoms with van der Waals surface area (Å²) in [5, 5.41) is 7.83. The Kier molecular flexibility index (Phi) is 8.19. The molecule has 0 aliphatic heterocycles. The molecule has 0 aliphatic carbocycles. The van der Waals surface area contributed by atoms with Crippen molar-refractivity contribution in [3.8, 4) is 33.4 Å². The Morgan fingerprint density at radius 2 is 0.891 bits per heavy atom. The third-order valence-electron chi connectivity index (χ3n) is 8.96. The Balaban J connectivity index is 1.79. The highest BCUT2D eigenvalue weighted by atomic mass is 14.3. The Labute approximate surface area is 272 Å². The number of benzene rings is 7. The van der Waals surface area contributed by atoms with Crippen molar-refractivity contribution in [2.45, 2.75) is 27.2 Å². The predicted molar refractivity (Wildman–Crippen MR) is 202 cm³/mol. The Morgan fingerprint density at radius 3 is 1.43 bits per heavy atom. The van der Waals surface area contributed by atoms with Crippen molar-refractivity contribution >= 4 is 32.3 Å². The topological polar surface area (TPSA) is 0 Å². The molecule has 0 aromatic heterocycles. The van der Waals surface area contributed by atoms with Crippen molar-refractivity contribution in [2.24, 2.45) is 0 Å². The SMILES string of the molecule is CC=CC=CC=CCc1c2cc(C)ccc2c(-c2ccccc2)c2c(-c3ccccc3)c3cc(C)ccc3c(-c3ccccc3)c12. The summed E-state index contributed by atoms with van der Waals surface area (Å²) in [6, 6.07) is 47.0. The first-order valence-corrected chi connectivity index (χ1v) is 16.2. The summed E-state index contributed by atoms with van der Waals surface area (Å²) in [5.74, 6) is 0. The van der Waals surface area contributed by atoms with Crippen LogP contribution < -0.4 is 0 Å². The third-order valence-corrected chi connectivity index (χ3v) is 8.96. The molecular weight excluding hydrogens is 553 g/mol. The van der Waals surface area contributed by atoms with Gasteiger partial charge in [-0.15, -0.1) is 0 Å². The van der Waals surface area contributed by atoms with E-state index in [0.29, 0.717) is 0 Å². The molecule has 0 fully saturated rings. The van der Waals surface area contributed by atoms with Gasteiger partial charge in [-0.3, -0.25) is 0 Å². The van der Waals surface area contributed by atoms with E-state index < -0.39 is 0 Å². The van der Waals surface area contributed by atoms with Gasteiger partial charge in [-0.05, 0) is 98.5 Å². The molecule has 0 N–H and O–H groups in total. The van der Waals surface area contributed by atoms with Crippen LogP contribution in [0.5, 0.6) is 0 Å². The molecule has 0 bridgehead atoms. The fourth-order valence-corrected chi connectivity index (χ4v) is 6.98. The highest BCUT2D eigenvalue weighted by Gasteiger charge is 2.25. The zero-order valence-electron chi connectivity index (χ0n) is 26.8. The van der Waals surface area contributed by atoms with E-state index in [1.165, 1.54) is 82.4 Å². The summed E-state index contributed by atoms with van der Waals surface area (Å²) >= 11 is 0. The van der Waals surface area contributed by atoms with E-state index in [9.17, 15) is 0 Å². The van der Waals surface area contributed by atoms with Crippen molar-refractivity contribution < 1.29 is 0 Å². The fourth-order valence-electron chi connectivity index (χ4n) is 6.98. The molecule has 222 valence electrons. The molecule has 0 aliphatic rings. The van der Waals surface area contributed by atoms with E-state index in [0.717, 1.165) is 6.42 Å². The number of allylic oxidation sites excluding steroid dienone is 6. The fraction of sp³-hybridized carbons (Fsp3) is 0.0870. The Morgan fingerprint density at radius 1 is 0.435 bits per heavy atom. The molecule has 0 spiro atoms. The first-order valence-electron chi connectivity index (χ1n) is 16.2. The van der Waals surface area contributed by atoms with Crippen LogP contribution in [0, 0.1) is 13.8 Å². The molecule has 0 radical (unpaired) electrons. The van der Waals surface area contributed by atoms with Crippen LogP contribution in [0.25, 0.3) is 65.7 Å². The molecule has 0 nitrogen and oxygen atoms in total. The summed E-state index contributed by atoms with van der Waals surface area (Å²) in [6.07, 6.45) is 13.7. The Hall–Kier alpha value is -5.46. The quantitative estimate of drug-likeness (QED) is 0.128. The van der Waals surface area contributed by atoms with Crippen molar-refractivity contribution in [2.75, 3.05) is 0 Å². The van der Waals surface area contributed by atoms with Gasteiger partial charge in [-0.2, -0.15) is 0 Å². The van der Waals surface area contributed by atoms with Gasteiger partial charge in [-0.25, -0.2) is 0 Å². The van der Waals surface area contributed by atoms with Gasteiger partial charge in [0.1, 0.15) is 0 Å². The van der Waals surface area contributed by atoms with Crippen molar-refractivity contribution in [3.05, 3.63) is 181 Å². The van der Waals surface area contributed by atoms with Crippen LogP contribution >= 0.6 is 0 Å². The van der Waals surface area contributed by atoms with Crippen LogP contribution in [0.2, 0.25) is 0 Å². The van der Waals surface area contributed by atoms with Crippen LogP contribution in [0.15, 0.2) is 164 Å². The van der Waals surface area contributed by atoms with Crippen LogP contribution in [0.3, 0.4) is 0 Å². The highest BCUT2D eigenvalue weighted by Crippen LogP contribution is 2.51. The maximum atomic E-state index is 2.40. The Bertz CT molecular complexity index is 2270. The lowest BCUT2D eigenvalue weighted by atomic mass is 9.78. The van der Waals surface area contributed by atoms with Gasteiger partial charge in [0.25, 0.3) is 0 Å². The van der Waals surface area contributed by atoms with Crippen LogP contribution in [-0.2, 0) is 6.42 Å². The minimum Gasteiger partial charge on any atom is -0.0877 e. The summed E-state index contributed by atoms with van der Waals surface area (Å²) in [6.45, 7) is 6.46. The van der Waals surface area contributed by atoms with Crippen LogP contribution in [-0.4, -0.2) is 0 Å². The monoisotopic (exact) mass is 590 g/mol. The minimum absolute atomic E-state index is 0.817. The zero-order valence-corrected chi connectivity index (χ0v) is 26.8. The molecule has 0 heterocycles. The van der Waals surface area contributed by atoms with E-state index in [-0.39, 0.29) is 0 Å². The maximum absolute atomic E-state index is 2.40. The summed E-state index contributed by atoms with van der Waals surface area (Å²) in [4.78, 5) is 0. The van der Waals surface area contributed by atoms with Gasteiger partial charge in [-0.1, -0.05) is 175 Å². The van der Waals surface area contributed by atoms with E-state index in [4.69, 9.17) is 0 Å². The molecule has 7 aromatic rings. The van der Waals surface area contributed by atoms with Crippen molar-refractivity contribution in [3.63, 3.8) is 0 Å². The lowest BCUT2D eigenvalue weighted by Gasteiger charge is -2.25. The number of hydrogen-bond donors (Lipinski definition) is 0. The molecule has 0 atom stereocenters. The average molecular weight is 591 g/mol. The first-order chi connectivity index (χ1) is 22.7. The van der Waals surface area contributed by atoms with Gasteiger partial charge >= 0.3 is 0 Å². The van der Waals surface area contributed by atoms with Crippen LogP contribution in [0.1, 0.15) is 23.6 Å².